The van der Waals surface area contributed by atoms with E-state index in [1.165, 1.54) is 32.0 Å². The van der Waals surface area contributed by atoms with Gasteiger partial charge in [-0.1, -0.05) is 6.07 Å². The quantitative estimate of drug-likeness (QED) is 0.126. The van der Waals surface area contributed by atoms with Crippen LogP contribution in [0.1, 0.15) is 116 Å². The van der Waals surface area contributed by atoms with Gasteiger partial charge in [0.05, 0.1) is 65.8 Å². The van der Waals surface area contributed by atoms with Gasteiger partial charge in [0.25, 0.3) is 0 Å². The summed E-state index contributed by atoms with van der Waals surface area (Å²) in [7, 11) is 3.71. The van der Waals surface area contributed by atoms with Gasteiger partial charge in [0.2, 0.25) is 5.78 Å². The van der Waals surface area contributed by atoms with Crippen molar-refractivity contribution in [2.45, 2.75) is 152 Å². The number of benzene rings is 2. The molecule has 3 aliphatic heterocycles. The summed E-state index contributed by atoms with van der Waals surface area (Å²) in [6.45, 7) is 8.96. The van der Waals surface area contributed by atoms with Crippen molar-refractivity contribution in [3.05, 3.63) is 73.6 Å². The first-order chi connectivity index (χ1) is 28.0. The maximum absolute atomic E-state index is 14.8. The summed E-state index contributed by atoms with van der Waals surface area (Å²) in [5.74, 6) is -2.36. The second-order valence-corrected chi connectivity index (χ2v) is 17.5. The first-order valence-electron chi connectivity index (χ1n) is 20.3. The number of ketones is 2. The van der Waals surface area contributed by atoms with E-state index in [0.717, 1.165) is 6.07 Å². The predicted molar refractivity (Wildman–Crippen MR) is 212 cm³/mol. The van der Waals surface area contributed by atoms with Gasteiger partial charge < -0.3 is 69.4 Å². The van der Waals surface area contributed by atoms with Gasteiger partial charge in [-0.05, 0) is 79.8 Å². The minimum absolute atomic E-state index is 0.0515. The molecule has 328 valence electrons. The van der Waals surface area contributed by atoms with E-state index in [0.29, 0.717) is 0 Å². The summed E-state index contributed by atoms with van der Waals surface area (Å²) in [6.07, 6.45) is -9.10. The Balaban J connectivity index is 1.26. The summed E-state index contributed by atoms with van der Waals surface area (Å²) in [5, 5.41) is 64.5. The largest absolute Gasteiger partial charge is 0.507 e. The van der Waals surface area contributed by atoms with Crippen molar-refractivity contribution >= 4 is 22.5 Å². The first kappa shape index (κ1) is 44.4. The second kappa shape index (κ2) is 16.2. The number of aliphatic hydroxyl groups is 5. The van der Waals surface area contributed by atoms with Crippen LogP contribution in [0.4, 0.5) is 0 Å². The van der Waals surface area contributed by atoms with Gasteiger partial charge in [-0.25, -0.2) is 0 Å². The third-order valence-electron chi connectivity index (χ3n) is 12.7. The molecule has 17 heteroatoms. The highest BCUT2D eigenvalue weighted by Crippen LogP contribution is 2.45. The van der Waals surface area contributed by atoms with Crippen molar-refractivity contribution in [3.8, 4) is 5.75 Å². The second-order valence-electron chi connectivity index (χ2n) is 17.5. The Bertz CT molecular complexity index is 2210. The molecular formula is C43H56N2O15. The molecule has 2 aromatic carbocycles. The van der Waals surface area contributed by atoms with E-state index < -0.39 is 101 Å². The molecule has 8 N–H and O–H groups in total. The number of phenols is 1. The van der Waals surface area contributed by atoms with Crippen LogP contribution in [0.2, 0.25) is 0 Å². The smallest absolute Gasteiger partial charge is 0.202 e. The number of carbonyl (C=O) groups is 2. The number of ether oxygens (including phenoxy) is 5. The maximum atomic E-state index is 14.8. The fourth-order valence-corrected chi connectivity index (χ4v) is 8.86. The first-order valence-corrected chi connectivity index (χ1v) is 20.3. The lowest BCUT2D eigenvalue weighted by atomic mass is 9.79. The summed E-state index contributed by atoms with van der Waals surface area (Å²) >= 11 is 0. The Labute approximate surface area is 346 Å². The molecule has 17 nitrogen and oxygen atoms in total. The van der Waals surface area contributed by atoms with Crippen LogP contribution >= 0.6 is 0 Å². The normalized spacial score (nSPS) is 35.0. The Morgan fingerprint density at radius 2 is 1.63 bits per heavy atom. The van der Waals surface area contributed by atoms with E-state index in [-0.39, 0.29) is 82.0 Å². The minimum Gasteiger partial charge on any atom is -0.507 e. The van der Waals surface area contributed by atoms with Crippen molar-refractivity contribution in [1.82, 2.24) is 4.90 Å². The molecular weight excluding hydrogens is 784 g/mol. The monoisotopic (exact) mass is 840 g/mol. The molecule has 7 rings (SSSR count). The fourth-order valence-electron chi connectivity index (χ4n) is 8.86. The predicted octanol–water partition coefficient (Wildman–Crippen LogP) is 1.61. The van der Waals surface area contributed by atoms with Crippen molar-refractivity contribution in [2.24, 2.45) is 5.73 Å². The lowest BCUT2D eigenvalue weighted by molar-refractivity contribution is -0.287. The van der Waals surface area contributed by atoms with Crippen molar-refractivity contribution in [1.29, 1.82) is 0 Å². The molecule has 3 fully saturated rings. The zero-order chi connectivity index (χ0) is 43.9. The van der Waals surface area contributed by atoms with Crippen molar-refractivity contribution in [3.63, 3.8) is 0 Å². The van der Waals surface area contributed by atoms with E-state index in [2.05, 4.69) is 0 Å². The number of aliphatic hydroxyl groups excluding tert-OH is 4. The van der Waals surface area contributed by atoms with Gasteiger partial charge in [-0.2, -0.15) is 0 Å². The highest BCUT2D eigenvalue weighted by Gasteiger charge is 2.46. The molecule has 3 aromatic rings. The van der Waals surface area contributed by atoms with Gasteiger partial charge >= 0.3 is 0 Å². The van der Waals surface area contributed by atoms with E-state index in [1.54, 1.807) is 27.7 Å². The summed E-state index contributed by atoms with van der Waals surface area (Å²) < 4.78 is 36.7. The molecule has 0 amide bonds. The molecule has 1 aliphatic carbocycles. The zero-order valence-electron chi connectivity index (χ0n) is 34.9. The number of nitrogens with zero attached hydrogens (tertiary/aromatic N) is 1. The number of likely N-dealkylation sites (N-methyl/N-ethyl adjacent to an activating group) is 1. The molecule has 3 saturated heterocycles. The maximum Gasteiger partial charge on any atom is 0.202 e. The molecule has 4 aliphatic rings. The van der Waals surface area contributed by atoms with Crippen LogP contribution in [-0.2, 0) is 35.9 Å². The Morgan fingerprint density at radius 3 is 2.27 bits per heavy atom. The van der Waals surface area contributed by atoms with Crippen molar-refractivity contribution < 1.29 is 68.3 Å². The van der Waals surface area contributed by atoms with Gasteiger partial charge in [0, 0.05) is 47.2 Å². The molecule has 14 atom stereocenters. The van der Waals surface area contributed by atoms with Gasteiger partial charge in [-0.15, -0.1) is 0 Å². The average molecular weight is 841 g/mol. The standard InChI is InChI=1S/C43H56N2O15/c1-17-35(49)27(48)14-30(57-17)60-39-18(2)56-28(12-25(39)45(7)8)22-9-10-23-33(37(22)51)38(52)34-24(36(23)50)11-21(16-55-31-15-42(5,44)41(53)19(3)58-31)32-26(47)13-29(59-40(32)34)43(6,54)20(4)46/h9-11,13,17-20,25,27-28,30-31,35,39,41,46,48-49,51,53-54H,12,14-16,44H2,1-8H3/t17-,18-,19-,20-,25-,27-,28-,30+,31-,35+,39+,41+,42+,43-/m1/s1. The van der Waals surface area contributed by atoms with Crippen LogP contribution < -0.4 is 11.2 Å². The SMILES string of the molecule is C[C@H]1O[C@@H](O[C@@H]2[C@H](N(C)C)C[C@H](c3ccc4c(c3O)C(=O)c3c(cc(CO[C@H]5C[C@](C)(N)[C@@H](O)[C@@H](C)O5)c5c(=O)cc([C@](C)(O)[C@@H](C)O)oc35)C4=O)O[C@@H]2C)C[C@@H](O)[C@H]1O. The Kier molecular flexibility index (Phi) is 12.0. The number of nitrogens with two attached hydrogens (primary N) is 1. The summed E-state index contributed by atoms with van der Waals surface area (Å²) in [4.78, 5) is 45.2. The fraction of sp³-hybridized carbons (Fsp3) is 0.605. The number of hydrogen-bond acceptors (Lipinski definition) is 17. The molecule has 0 radical (unpaired) electrons. The van der Waals surface area contributed by atoms with Gasteiger partial charge in [0.15, 0.2) is 29.4 Å². The molecule has 4 heterocycles. The molecule has 0 unspecified atom stereocenters. The molecule has 1 aromatic heterocycles. The van der Waals surface area contributed by atoms with E-state index in [9.17, 15) is 45.0 Å². The average Bonchev–Trinajstić information content (AvgIpc) is 3.16. The van der Waals surface area contributed by atoms with E-state index >= 15 is 0 Å². The zero-order valence-corrected chi connectivity index (χ0v) is 34.9. The number of hydrogen-bond donors (Lipinski definition) is 7. The molecule has 0 saturated carbocycles. The topological polar surface area (TPSA) is 261 Å². The van der Waals surface area contributed by atoms with E-state index in [1.807, 2.05) is 19.0 Å². The number of rotatable bonds is 9. The number of aromatic hydroxyl groups is 1. The molecule has 60 heavy (non-hydrogen) atoms. The van der Waals surface area contributed by atoms with Crippen LogP contribution in [0.5, 0.6) is 5.75 Å². The number of fused-ring (bicyclic) bond motifs is 4. The number of carbonyl (C=O) groups excluding carboxylic acids is 2. The lowest BCUT2D eigenvalue weighted by Crippen LogP contribution is -2.60. The highest BCUT2D eigenvalue weighted by atomic mass is 16.7. The van der Waals surface area contributed by atoms with Gasteiger partial charge in [0.1, 0.15) is 29.3 Å². The third-order valence-corrected chi connectivity index (χ3v) is 12.7. The Hall–Kier alpha value is -3.69. The third kappa shape index (κ3) is 7.73. The summed E-state index contributed by atoms with van der Waals surface area (Å²) in [5.41, 5.74) is 1.59. The Morgan fingerprint density at radius 1 is 0.950 bits per heavy atom. The van der Waals surface area contributed by atoms with E-state index in [4.69, 9.17) is 33.8 Å². The lowest BCUT2D eigenvalue weighted by Gasteiger charge is -2.46. The summed E-state index contributed by atoms with van der Waals surface area (Å²) in [6, 6.07) is 5.02. The van der Waals surface area contributed by atoms with Crippen LogP contribution in [0.3, 0.4) is 0 Å². The van der Waals surface area contributed by atoms with Crippen LogP contribution in [0.15, 0.2) is 33.5 Å². The van der Waals surface area contributed by atoms with Gasteiger partial charge in [-0.3, -0.25) is 14.4 Å². The molecule has 0 bridgehead atoms. The minimum atomic E-state index is -2.10. The van der Waals surface area contributed by atoms with Crippen LogP contribution in [0.25, 0.3) is 11.0 Å². The van der Waals surface area contributed by atoms with Crippen LogP contribution in [0, 0.1) is 0 Å². The highest BCUT2D eigenvalue weighted by molar-refractivity contribution is 6.32. The molecule has 0 spiro atoms. The van der Waals surface area contributed by atoms with Crippen LogP contribution in [-0.4, -0.2) is 134 Å². The van der Waals surface area contributed by atoms with Crippen molar-refractivity contribution in [2.75, 3.05) is 14.1 Å². The number of phenolic OH excluding ortho intramolecular Hbond substituents is 1.